The van der Waals surface area contributed by atoms with Crippen LogP contribution in [-0.4, -0.2) is 15.0 Å². The van der Waals surface area contributed by atoms with Gasteiger partial charge < -0.3 is 5.73 Å². The number of nitrogen functional groups attached to an aromatic ring is 1. The molecule has 0 aromatic heterocycles. The van der Waals surface area contributed by atoms with Crippen LogP contribution in [0.15, 0.2) is 47.4 Å². The minimum atomic E-state index is -3.68. The van der Waals surface area contributed by atoms with Crippen LogP contribution < -0.4 is 10.0 Å². The Morgan fingerprint density at radius 2 is 1.90 bits per heavy atom. The summed E-state index contributed by atoms with van der Waals surface area (Å²) in [6.45, 7) is 0.424. The van der Waals surface area contributed by atoms with E-state index >= 15 is 0 Å². The molecule has 1 aliphatic heterocycles. The molecule has 0 bridgehead atoms. The van der Waals surface area contributed by atoms with Crippen molar-refractivity contribution in [3.63, 3.8) is 0 Å². The maximum absolute atomic E-state index is 12.8. The van der Waals surface area contributed by atoms with Crippen LogP contribution in [0.2, 0.25) is 5.02 Å². The molecule has 0 spiro atoms. The van der Waals surface area contributed by atoms with E-state index < -0.39 is 10.0 Å². The lowest BCUT2D eigenvalue weighted by molar-refractivity contribution is 0.592. The van der Waals surface area contributed by atoms with E-state index in [-0.39, 0.29) is 10.6 Å². The third-order valence-electron chi connectivity index (χ3n) is 3.39. The highest BCUT2D eigenvalue weighted by Gasteiger charge is 2.31. The molecule has 3 rings (SSSR count). The van der Waals surface area contributed by atoms with Crippen LogP contribution in [0.1, 0.15) is 5.56 Å². The van der Waals surface area contributed by atoms with E-state index in [0.29, 0.717) is 23.7 Å². The number of hydrogen-bond donors (Lipinski definition) is 1. The zero-order chi connectivity index (χ0) is 14.3. The smallest absolute Gasteiger partial charge is 0.266 e. The molecule has 0 amide bonds. The third kappa shape index (κ3) is 2.03. The average molecular weight is 309 g/mol. The van der Waals surface area contributed by atoms with Gasteiger partial charge in [-0.25, -0.2) is 8.42 Å². The Morgan fingerprint density at radius 3 is 2.70 bits per heavy atom. The Morgan fingerprint density at radius 1 is 1.15 bits per heavy atom. The first-order chi connectivity index (χ1) is 9.50. The van der Waals surface area contributed by atoms with Crippen LogP contribution in [0.4, 0.5) is 11.4 Å². The van der Waals surface area contributed by atoms with Crippen molar-refractivity contribution in [2.45, 2.75) is 11.3 Å². The predicted octanol–water partition coefficient (Wildman–Crippen LogP) is 2.67. The highest BCUT2D eigenvalue weighted by Crippen LogP contribution is 2.34. The number of anilines is 2. The summed E-state index contributed by atoms with van der Waals surface area (Å²) in [5, 5.41) is 0.352. The largest absolute Gasteiger partial charge is 0.398 e. The lowest BCUT2D eigenvalue weighted by Crippen LogP contribution is -2.29. The van der Waals surface area contributed by atoms with Gasteiger partial charge in [0.15, 0.2) is 0 Å². The molecule has 0 fully saturated rings. The number of nitrogens with two attached hydrogens (primary N) is 1. The third-order valence-corrected chi connectivity index (χ3v) is 5.49. The molecule has 4 nitrogen and oxygen atoms in total. The van der Waals surface area contributed by atoms with Crippen molar-refractivity contribution in [3.05, 3.63) is 53.1 Å². The Hall–Kier alpha value is -1.72. The quantitative estimate of drug-likeness (QED) is 0.868. The molecule has 2 aromatic carbocycles. The van der Waals surface area contributed by atoms with Crippen LogP contribution in [0, 0.1) is 0 Å². The molecule has 1 aliphatic rings. The fourth-order valence-corrected chi connectivity index (χ4v) is 4.29. The first-order valence-electron chi connectivity index (χ1n) is 6.16. The van der Waals surface area contributed by atoms with Gasteiger partial charge in [-0.1, -0.05) is 29.8 Å². The lowest BCUT2D eigenvalue weighted by Gasteiger charge is -2.20. The van der Waals surface area contributed by atoms with Crippen LogP contribution in [0.3, 0.4) is 0 Å². The number of hydrogen-bond acceptors (Lipinski definition) is 3. The lowest BCUT2D eigenvalue weighted by atomic mass is 10.2. The van der Waals surface area contributed by atoms with Crippen LogP contribution >= 0.6 is 11.6 Å². The molecule has 0 saturated heterocycles. The molecule has 0 saturated carbocycles. The summed E-state index contributed by atoms with van der Waals surface area (Å²) in [4.78, 5) is 0.0571. The standard InChI is InChI=1S/C14H13ClN2O2S/c15-11-5-6-12(16)14(9-11)20(18,19)17-8-7-10-3-1-2-4-13(10)17/h1-6,9H,7-8,16H2. The van der Waals surface area contributed by atoms with Gasteiger partial charge in [-0.2, -0.15) is 0 Å². The van der Waals surface area contributed by atoms with E-state index in [1.807, 2.05) is 18.2 Å². The minimum Gasteiger partial charge on any atom is -0.398 e. The molecule has 0 aliphatic carbocycles. The van der Waals surface area contributed by atoms with Crippen molar-refractivity contribution in [1.82, 2.24) is 0 Å². The van der Waals surface area contributed by atoms with Gasteiger partial charge in [0.2, 0.25) is 0 Å². The summed E-state index contributed by atoms with van der Waals surface area (Å²) in [7, 11) is -3.68. The summed E-state index contributed by atoms with van der Waals surface area (Å²) in [5.74, 6) is 0. The van der Waals surface area contributed by atoms with Crippen molar-refractivity contribution in [2.75, 3.05) is 16.6 Å². The first-order valence-corrected chi connectivity index (χ1v) is 7.97. The molecule has 0 radical (unpaired) electrons. The van der Waals surface area contributed by atoms with Crippen LogP contribution in [0.25, 0.3) is 0 Å². The van der Waals surface area contributed by atoms with Gasteiger partial charge >= 0.3 is 0 Å². The highest BCUT2D eigenvalue weighted by molar-refractivity contribution is 7.93. The summed E-state index contributed by atoms with van der Waals surface area (Å²) < 4.78 is 26.9. The number of para-hydroxylation sites is 1. The molecular weight excluding hydrogens is 296 g/mol. The maximum Gasteiger partial charge on any atom is 0.266 e. The SMILES string of the molecule is Nc1ccc(Cl)cc1S(=O)(=O)N1CCc2ccccc21. The Kier molecular flexibility index (Phi) is 3.11. The summed E-state index contributed by atoms with van der Waals surface area (Å²) in [5.41, 5.74) is 7.75. The molecule has 0 atom stereocenters. The second-order valence-electron chi connectivity index (χ2n) is 4.64. The van der Waals surface area contributed by atoms with Crippen molar-refractivity contribution >= 4 is 33.0 Å². The molecule has 6 heteroatoms. The van der Waals surface area contributed by atoms with E-state index in [4.69, 9.17) is 17.3 Å². The van der Waals surface area contributed by atoms with Gasteiger partial charge in [-0.05, 0) is 36.2 Å². The first kappa shape index (κ1) is 13.3. The summed E-state index contributed by atoms with van der Waals surface area (Å²) in [6, 6.07) is 12.0. The minimum absolute atomic E-state index is 0.0571. The van der Waals surface area contributed by atoms with E-state index in [2.05, 4.69) is 0 Å². The fourth-order valence-electron chi connectivity index (χ4n) is 2.41. The number of nitrogens with zero attached hydrogens (tertiary/aromatic N) is 1. The number of benzene rings is 2. The zero-order valence-electron chi connectivity index (χ0n) is 10.6. The fraction of sp³-hybridized carbons (Fsp3) is 0.143. The molecule has 0 unspecified atom stereocenters. The van der Waals surface area contributed by atoms with Gasteiger partial charge in [0.1, 0.15) is 4.90 Å². The van der Waals surface area contributed by atoms with E-state index in [9.17, 15) is 8.42 Å². The maximum atomic E-state index is 12.8. The number of rotatable bonds is 2. The Balaban J connectivity index is 2.13. The van der Waals surface area contributed by atoms with E-state index in [1.54, 1.807) is 12.1 Å². The number of halogens is 1. The Labute approximate surface area is 122 Å². The monoisotopic (exact) mass is 308 g/mol. The van der Waals surface area contributed by atoms with Gasteiger partial charge in [-0.3, -0.25) is 4.31 Å². The summed E-state index contributed by atoms with van der Waals surface area (Å²) in [6.07, 6.45) is 0.704. The molecule has 20 heavy (non-hydrogen) atoms. The molecule has 104 valence electrons. The predicted molar refractivity (Wildman–Crippen MR) is 80.5 cm³/mol. The zero-order valence-corrected chi connectivity index (χ0v) is 12.2. The number of sulfonamides is 1. The molecule has 2 aromatic rings. The van der Waals surface area contributed by atoms with Crippen LogP contribution in [-0.2, 0) is 16.4 Å². The van der Waals surface area contributed by atoms with Crippen molar-refractivity contribution in [2.24, 2.45) is 0 Å². The molecule has 2 N–H and O–H groups in total. The van der Waals surface area contributed by atoms with Crippen LogP contribution in [0.5, 0.6) is 0 Å². The topological polar surface area (TPSA) is 63.4 Å². The Bertz CT molecular complexity index is 774. The number of fused-ring (bicyclic) bond motifs is 1. The second-order valence-corrected chi connectivity index (χ2v) is 6.91. The summed E-state index contributed by atoms with van der Waals surface area (Å²) >= 11 is 5.89. The van der Waals surface area contributed by atoms with Gasteiger partial charge in [0, 0.05) is 11.6 Å². The van der Waals surface area contributed by atoms with Crippen molar-refractivity contribution < 1.29 is 8.42 Å². The van der Waals surface area contributed by atoms with E-state index in [1.165, 1.54) is 16.4 Å². The molecular formula is C14H13ClN2O2S. The highest BCUT2D eigenvalue weighted by atomic mass is 35.5. The van der Waals surface area contributed by atoms with Gasteiger partial charge in [0.25, 0.3) is 10.0 Å². The normalized spacial score (nSPS) is 14.3. The average Bonchev–Trinajstić information content (AvgIpc) is 2.86. The van der Waals surface area contributed by atoms with Gasteiger partial charge in [0.05, 0.1) is 11.4 Å². The van der Waals surface area contributed by atoms with E-state index in [0.717, 1.165) is 5.56 Å². The molecule has 1 heterocycles. The van der Waals surface area contributed by atoms with Gasteiger partial charge in [-0.15, -0.1) is 0 Å². The second kappa shape index (κ2) is 4.68. The van der Waals surface area contributed by atoms with Crippen molar-refractivity contribution in [3.8, 4) is 0 Å². The van der Waals surface area contributed by atoms with Crippen molar-refractivity contribution in [1.29, 1.82) is 0 Å².